The zero-order valence-corrected chi connectivity index (χ0v) is 12.7. The van der Waals surface area contributed by atoms with Gasteiger partial charge in [0.25, 0.3) is 0 Å². The third-order valence-corrected chi connectivity index (χ3v) is 4.67. The topological polar surface area (TPSA) is 32.3 Å². The fraction of sp³-hybridized carbons (Fsp3) is 0.938. The van der Waals surface area contributed by atoms with Crippen molar-refractivity contribution in [1.82, 2.24) is 10.2 Å². The first-order valence-electron chi connectivity index (χ1n) is 8.30. The lowest BCUT2D eigenvalue weighted by molar-refractivity contribution is -0.134. The quantitative estimate of drug-likeness (QED) is 0.718. The normalized spacial score (nSPS) is 29.5. The van der Waals surface area contributed by atoms with Gasteiger partial charge >= 0.3 is 0 Å². The molecule has 19 heavy (non-hydrogen) atoms. The smallest absolute Gasteiger partial charge is 0.222 e. The highest BCUT2D eigenvalue weighted by Crippen LogP contribution is 2.30. The molecular formula is C16H30N2O. The molecule has 110 valence electrons. The SMILES string of the molecule is CCCCCC(=O)N(CCC)C1CC2CCC(C1)N2. The fourth-order valence-corrected chi connectivity index (χ4v) is 3.70. The van der Waals surface area contributed by atoms with Crippen LogP contribution in [0, 0.1) is 0 Å². The van der Waals surface area contributed by atoms with Crippen LogP contribution >= 0.6 is 0 Å². The molecular weight excluding hydrogens is 236 g/mol. The summed E-state index contributed by atoms with van der Waals surface area (Å²) >= 11 is 0. The summed E-state index contributed by atoms with van der Waals surface area (Å²) in [5.41, 5.74) is 0. The van der Waals surface area contributed by atoms with E-state index < -0.39 is 0 Å². The van der Waals surface area contributed by atoms with Gasteiger partial charge in [0, 0.05) is 31.1 Å². The molecule has 0 radical (unpaired) electrons. The van der Waals surface area contributed by atoms with Crippen LogP contribution in [-0.2, 0) is 4.79 Å². The van der Waals surface area contributed by atoms with Crippen LogP contribution in [0.2, 0.25) is 0 Å². The average Bonchev–Trinajstić information content (AvgIpc) is 2.75. The number of unbranched alkanes of at least 4 members (excludes halogenated alkanes) is 2. The highest BCUT2D eigenvalue weighted by atomic mass is 16.2. The zero-order valence-electron chi connectivity index (χ0n) is 12.7. The molecule has 3 nitrogen and oxygen atoms in total. The van der Waals surface area contributed by atoms with Crippen LogP contribution in [0.3, 0.4) is 0 Å². The monoisotopic (exact) mass is 266 g/mol. The fourth-order valence-electron chi connectivity index (χ4n) is 3.70. The van der Waals surface area contributed by atoms with Gasteiger partial charge < -0.3 is 10.2 Å². The molecule has 2 saturated heterocycles. The van der Waals surface area contributed by atoms with Crippen LogP contribution in [0.1, 0.15) is 71.6 Å². The summed E-state index contributed by atoms with van der Waals surface area (Å²) in [5, 5.41) is 3.67. The summed E-state index contributed by atoms with van der Waals surface area (Å²) in [6.07, 6.45) is 10.3. The molecule has 0 aliphatic carbocycles. The molecule has 0 aromatic rings. The third kappa shape index (κ3) is 3.95. The molecule has 0 spiro atoms. The minimum Gasteiger partial charge on any atom is -0.340 e. The second-order valence-electron chi connectivity index (χ2n) is 6.31. The number of carbonyl (C=O) groups excluding carboxylic acids is 1. The number of hydrogen-bond acceptors (Lipinski definition) is 2. The van der Waals surface area contributed by atoms with Gasteiger partial charge in [0.15, 0.2) is 0 Å². The number of fused-ring (bicyclic) bond motifs is 2. The van der Waals surface area contributed by atoms with Crippen molar-refractivity contribution in [1.29, 1.82) is 0 Å². The van der Waals surface area contributed by atoms with Crippen LogP contribution in [0.4, 0.5) is 0 Å². The Labute approximate surface area is 118 Å². The van der Waals surface area contributed by atoms with Crippen molar-refractivity contribution < 1.29 is 4.79 Å². The predicted octanol–water partition coefficient (Wildman–Crippen LogP) is 3.09. The molecule has 2 aliphatic rings. The third-order valence-electron chi connectivity index (χ3n) is 4.67. The number of nitrogens with one attached hydrogen (secondary N) is 1. The first-order valence-corrected chi connectivity index (χ1v) is 8.30. The summed E-state index contributed by atoms with van der Waals surface area (Å²) in [7, 11) is 0. The summed E-state index contributed by atoms with van der Waals surface area (Å²) in [6, 6.07) is 1.85. The van der Waals surface area contributed by atoms with Crippen LogP contribution in [0.5, 0.6) is 0 Å². The van der Waals surface area contributed by atoms with Crippen molar-refractivity contribution in [3.8, 4) is 0 Å². The zero-order chi connectivity index (χ0) is 13.7. The molecule has 0 aromatic heterocycles. The Morgan fingerprint density at radius 2 is 1.79 bits per heavy atom. The average molecular weight is 266 g/mol. The highest BCUT2D eigenvalue weighted by Gasteiger charge is 2.37. The van der Waals surface area contributed by atoms with Crippen molar-refractivity contribution in [3.63, 3.8) is 0 Å². The molecule has 3 heteroatoms. The molecule has 2 fully saturated rings. The Morgan fingerprint density at radius 3 is 2.37 bits per heavy atom. The predicted molar refractivity (Wildman–Crippen MR) is 79.1 cm³/mol. The molecule has 0 aromatic carbocycles. The number of hydrogen-bond donors (Lipinski definition) is 1. The Morgan fingerprint density at radius 1 is 1.11 bits per heavy atom. The van der Waals surface area contributed by atoms with Gasteiger partial charge in [-0.25, -0.2) is 0 Å². The Balaban J connectivity index is 1.89. The number of amides is 1. The lowest BCUT2D eigenvalue weighted by Gasteiger charge is -2.38. The maximum absolute atomic E-state index is 12.4. The van der Waals surface area contributed by atoms with E-state index in [4.69, 9.17) is 0 Å². The van der Waals surface area contributed by atoms with Gasteiger partial charge in [0.2, 0.25) is 5.91 Å². The molecule has 2 aliphatic heterocycles. The number of rotatable bonds is 7. The first-order chi connectivity index (χ1) is 9.24. The van der Waals surface area contributed by atoms with Crippen molar-refractivity contribution in [2.75, 3.05) is 6.54 Å². The van der Waals surface area contributed by atoms with E-state index in [2.05, 4.69) is 24.1 Å². The standard InChI is InChI=1S/C16H30N2O/c1-3-5-6-7-16(19)18(10-4-2)15-11-13-8-9-14(12-15)17-13/h13-15,17H,3-12H2,1-2H3. The summed E-state index contributed by atoms with van der Waals surface area (Å²) in [4.78, 5) is 14.7. The molecule has 2 heterocycles. The molecule has 2 unspecified atom stereocenters. The number of carbonyl (C=O) groups is 1. The number of nitrogens with zero attached hydrogens (tertiary/aromatic N) is 1. The van der Waals surface area contributed by atoms with Crippen molar-refractivity contribution >= 4 is 5.91 Å². The molecule has 1 N–H and O–H groups in total. The van der Waals surface area contributed by atoms with Crippen LogP contribution in [0.25, 0.3) is 0 Å². The molecule has 1 amide bonds. The molecule has 0 saturated carbocycles. The van der Waals surface area contributed by atoms with Crippen LogP contribution in [0.15, 0.2) is 0 Å². The van der Waals surface area contributed by atoms with Gasteiger partial charge in [0.05, 0.1) is 0 Å². The largest absolute Gasteiger partial charge is 0.340 e. The Bertz CT molecular complexity index is 280. The maximum atomic E-state index is 12.4. The van der Waals surface area contributed by atoms with Gasteiger partial charge in [-0.1, -0.05) is 26.7 Å². The van der Waals surface area contributed by atoms with E-state index in [0.29, 0.717) is 24.0 Å². The van der Waals surface area contributed by atoms with E-state index in [1.165, 1.54) is 38.5 Å². The Hall–Kier alpha value is -0.570. The summed E-state index contributed by atoms with van der Waals surface area (Å²) in [6.45, 7) is 5.33. The van der Waals surface area contributed by atoms with Gasteiger partial charge in [-0.05, 0) is 38.5 Å². The van der Waals surface area contributed by atoms with E-state index in [-0.39, 0.29) is 0 Å². The Kier molecular flexibility index (Phi) is 5.68. The van der Waals surface area contributed by atoms with Gasteiger partial charge in [-0.3, -0.25) is 4.79 Å². The van der Waals surface area contributed by atoms with Crippen molar-refractivity contribution in [2.45, 2.75) is 89.8 Å². The van der Waals surface area contributed by atoms with E-state index in [1.807, 2.05) is 0 Å². The van der Waals surface area contributed by atoms with Gasteiger partial charge in [-0.15, -0.1) is 0 Å². The lowest BCUT2D eigenvalue weighted by atomic mass is 9.97. The lowest BCUT2D eigenvalue weighted by Crippen LogP contribution is -2.50. The van der Waals surface area contributed by atoms with E-state index in [9.17, 15) is 4.79 Å². The number of piperidine rings is 1. The van der Waals surface area contributed by atoms with Gasteiger partial charge in [-0.2, -0.15) is 0 Å². The minimum absolute atomic E-state index is 0.404. The van der Waals surface area contributed by atoms with Crippen LogP contribution < -0.4 is 5.32 Å². The van der Waals surface area contributed by atoms with Crippen molar-refractivity contribution in [2.24, 2.45) is 0 Å². The van der Waals surface area contributed by atoms with Crippen LogP contribution in [-0.4, -0.2) is 35.5 Å². The molecule has 2 rings (SSSR count). The van der Waals surface area contributed by atoms with Gasteiger partial charge in [0.1, 0.15) is 0 Å². The maximum Gasteiger partial charge on any atom is 0.222 e. The first kappa shape index (κ1) is 14.8. The second kappa shape index (κ2) is 7.28. The van der Waals surface area contributed by atoms with E-state index in [0.717, 1.165) is 25.8 Å². The van der Waals surface area contributed by atoms with Crippen molar-refractivity contribution in [3.05, 3.63) is 0 Å². The molecule has 2 bridgehead atoms. The van der Waals surface area contributed by atoms with E-state index >= 15 is 0 Å². The summed E-state index contributed by atoms with van der Waals surface area (Å²) < 4.78 is 0. The second-order valence-corrected chi connectivity index (χ2v) is 6.31. The highest BCUT2D eigenvalue weighted by molar-refractivity contribution is 5.76. The van der Waals surface area contributed by atoms with E-state index in [1.54, 1.807) is 0 Å². The molecule has 2 atom stereocenters. The minimum atomic E-state index is 0.404. The summed E-state index contributed by atoms with van der Waals surface area (Å²) in [5.74, 6) is 0.404.